The van der Waals surface area contributed by atoms with Crippen molar-refractivity contribution >= 4 is 43.4 Å². The van der Waals surface area contributed by atoms with Crippen molar-refractivity contribution in [1.29, 1.82) is 0 Å². The molecule has 0 saturated heterocycles. The summed E-state index contributed by atoms with van der Waals surface area (Å²) < 4.78 is 9.76. The Labute approximate surface area is 94.3 Å². The molecule has 0 aromatic heterocycles. The van der Waals surface area contributed by atoms with Gasteiger partial charge in [0.1, 0.15) is 5.06 Å². The zero-order chi connectivity index (χ0) is 10.5. The second kappa shape index (κ2) is 6.62. The molecule has 0 heterocycles. The van der Waals surface area contributed by atoms with E-state index in [-0.39, 0.29) is 17.9 Å². The first-order valence-corrected chi connectivity index (χ1v) is 6.03. The summed E-state index contributed by atoms with van der Waals surface area (Å²) >= 11 is 16.7. The molecule has 0 saturated carbocycles. The molecule has 0 aliphatic rings. The minimum absolute atomic E-state index is 0.139. The second-order valence-corrected chi connectivity index (χ2v) is 5.49. The molecule has 7 heteroatoms. The van der Waals surface area contributed by atoms with Crippen LogP contribution in [0.2, 0.25) is 0 Å². The monoisotopic (exact) mass is 268 g/mol. The van der Waals surface area contributed by atoms with Gasteiger partial charge in [-0.15, -0.1) is 23.2 Å². The van der Waals surface area contributed by atoms with E-state index in [4.69, 9.17) is 48.7 Å². The molecule has 13 heavy (non-hydrogen) atoms. The van der Waals surface area contributed by atoms with Crippen LogP contribution in [0.15, 0.2) is 0 Å². The molecular formula is C6H12Cl3O3P. The maximum absolute atomic E-state index is 9.16. The second-order valence-electron chi connectivity index (χ2n) is 2.74. The Balaban J connectivity index is 3.57. The Morgan fingerprint density at radius 1 is 1.54 bits per heavy atom. The molecule has 0 aromatic carbocycles. The van der Waals surface area contributed by atoms with E-state index < -0.39 is 13.7 Å². The third-order valence-corrected chi connectivity index (χ3v) is 2.81. The van der Waals surface area contributed by atoms with Crippen LogP contribution in [0.3, 0.4) is 0 Å². The molecule has 0 rings (SSSR count). The van der Waals surface area contributed by atoms with Gasteiger partial charge in [0.15, 0.2) is 0 Å². The highest BCUT2D eigenvalue weighted by Gasteiger charge is 2.21. The highest BCUT2D eigenvalue weighted by molar-refractivity contribution is 7.40. The molecule has 2 unspecified atom stereocenters. The van der Waals surface area contributed by atoms with E-state index in [1.807, 2.05) is 0 Å². The standard InChI is InChI=1S/C6H12Cl3O3P/c1-6(2,9)12-13(10)11-4-5(8)3-7/h5,10H,3-4H2,1-2H3. The van der Waals surface area contributed by atoms with E-state index in [1.54, 1.807) is 13.8 Å². The number of rotatable bonds is 6. The molecule has 3 nitrogen and oxygen atoms in total. The molecule has 0 aliphatic carbocycles. The highest BCUT2D eigenvalue weighted by atomic mass is 35.5. The fourth-order valence-electron chi connectivity index (χ4n) is 0.401. The van der Waals surface area contributed by atoms with Gasteiger partial charge in [0, 0.05) is 5.88 Å². The summed E-state index contributed by atoms with van der Waals surface area (Å²) in [6.07, 6.45) is 0. The lowest BCUT2D eigenvalue weighted by atomic mass is 10.5. The normalized spacial score (nSPS) is 17.1. The van der Waals surface area contributed by atoms with Crippen molar-refractivity contribution < 1.29 is 13.9 Å². The Morgan fingerprint density at radius 2 is 2.08 bits per heavy atom. The van der Waals surface area contributed by atoms with Gasteiger partial charge < -0.3 is 9.42 Å². The number of hydrogen-bond donors (Lipinski definition) is 1. The molecule has 0 bridgehead atoms. The van der Waals surface area contributed by atoms with Crippen molar-refractivity contribution in [2.75, 3.05) is 12.5 Å². The third-order valence-electron chi connectivity index (χ3n) is 0.828. The van der Waals surface area contributed by atoms with Crippen LogP contribution < -0.4 is 0 Å². The van der Waals surface area contributed by atoms with Crippen LogP contribution in [-0.2, 0) is 9.05 Å². The predicted octanol–water partition coefficient (Wildman–Crippen LogP) is 3.06. The van der Waals surface area contributed by atoms with E-state index in [0.717, 1.165) is 0 Å². The van der Waals surface area contributed by atoms with Crippen LogP contribution in [0, 0.1) is 0 Å². The van der Waals surface area contributed by atoms with Crippen LogP contribution in [0.4, 0.5) is 0 Å². The van der Waals surface area contributed by atoms with Crippen LogP contribution in [0.25, 0.3) is 0 Å². The zero-order valence-electron chi connectivity index (χ0n) is 7.34. The van der Waals surface area contributed by atoms with Crippen LogP contribution >= 0.6 is 43.4 Å². The summed E-state index contributed by atoms with van der Waals surface area (Å²) in [4.78, 5) is 9.16. The maximum Gasteiger partial charge on any atom is 0.331 e. The maximum atomic E-state index is 9.16. The summed E-state index contributed by atoms with van der Waals surface area (Å²) in [5.41, 5.74) is 0. The van der Waals surface area contributed by atoms with Crippen LogP contribution in [-0.4, -0.2) is 27.8 Å². The Morgan fingerprint density at radius 3 is 2.46 bits per heavy atom. The van der Waals surface area contributed by atoms with Crippen molar-refractivity contribution in [3.05, 3.63) is 0 Å². The number of alkyl halides is 3. The Kier molecular flexibility index (Phi) is 7.23. The lowest BCUT2D eigenvalue weighted by Crippen LogP contribution is -2.15. The largest absolute Gasteiger partial charge is 0.331 e. The van der Waals surface area contributed by atoms with Crippen molar-refractivity contribution in [3.63, 3.8) is 0 Å². The summed E-state index contributed by atoms with van der Waals surface area (Å²) in [5, 5.41) is -1.27. The quantitative estimate of drug-likeness (QED) is 0.595. The average Bonchev–Trinajstić information content (AvgIpc) is 1.97. The van der Waals surface area contributed by atoms with Crippen molar-refractivity contribution in [2.24, 2.45) is 0 Å². The lowest BCUT2D eigenvalue weighted by Gasteiger charge is -2.20. The van der Waals surface area contributed by atoms with Gasteiger partial charge in [0.05, 0.1) is 12.0 Å². The predicted molar refractivity (Wildman–Crippen MR) is 56.5 cm³/mol. The van der Waals surface area contributed by atoms with Crippen molar-refractivity contribution in [3.8, 4) is 0 Å². The van der Waals surface area contributed by atoms with Gasteiger partial charge in [0.25, 0.3) is 0 Å². The first kappa shape index (κ1) is 14.2. The summed E-state index contributed by atoms with van der Waals surface area (Å²) in [7, 11) is -1.98. The fourth-order valence-corrected chi connectivity index (χ4v) is 1.55. The van der Waals surface area contributed by atoms with Gasteiger partial charge in [-0.1, -0.05) is 11.6 Å². The summed E-state index contributed by atoms with van der Waals surface area (Å²) in [6.45, 7) is 3.34. The Hall–Kier alpha value is 1.18. The van der Waals surface area contributed by atoms with E-state index >= 15 is 0 Å². The topological polar surface area (TPSA) is 38.7 Å². The summed E-state index contributed by atoms with van der Waals surface area (Å²) in [6, 6.07) is 0. The van der Waals surface area contributed by atoms with Gasteiger partial charge in [-0.25, -0.2) is 0 Å². The first-order chi connectivity index (χ1) is 5.85. The molecule has 0 spiro atoms. The van der Waals surface area contributed by atoms with Gasteiger partial charge >= 0.3 is 8.60 Å². The van der Waals surface area contributed by atoms with Crippen LogP contribution in [0.5, 0.6) is 0 Å². The molecule has 0 amide bonds. The van der Waals surface area contributed by atoms with E-state index in [2.05, 4.69) is 0 Å². The molecule has 0 fully saturated rings. The smallest absolute Gasteiger partial charge is 0.328 e. The van der Waals surface area contributed by atoms with E-state index in [0.29, 0.717) is 0 Å². The minimum atomic E-state index is -1.98. The molecular weight excluding hydrogens is 257 g/mol. The zero-order valence-corrected chi connectivity index (χ0v) is 10.5. The fraction of sp³-hybridized carbons (Fsp3) is 1.00. The van der Waals surface area contributed by atoms with Gasteiger partial charge in [-0.05, 0) is 13.8 Å². The van der Waals surface area contributed by atoms with E-state index in [9.17, 15) is 0 Å². The summed E-state index contributed by atoms with van der Waals surface area (Å²) in [5.74, 6) is 0.259. The molecule has 0 radical (unpaired) electrons. The van der Waals surface area contributed by atoms with Crippen LogP contribution in [0.1, 0.15) is 13.8 Å². The SMILES string of the molecule is CC(C)(Cl)OP(O)OCC(Cl)CCl. The average molecular weight is 269 g/mol. The molecule has 0 aliphatic heterocycles. The van der Waals surface area contributed by atoms with Gasteiger partial charge in [-0.2, -0.15) is 0 Å². The minimum Gasteiger partial charge on any atom is -0.328 e. The highest BCUT2D eigenvalue weighted by Crippen LogP contribution is 2.40. The molecule has 0 aromatic rings. The van der Waals surface area contributed by atoms with E-state index in [1.165, 1.54) is 0 Å². The lowest BCUT2D eigenvalue weighted by molar-refractivity contribution is 0.140. The molecule has 80 valence electrons. The van der Waals surface area contributed by atoms with Gasteiger partial charge in [0.2, 0.25) is 0 Å². The Bertz CT molecular complexity index is 142. The van der Waals surface area contributed by atoms with Gasteiger partial charge in [-0.3, -0.25) is 4.52 Å². The first-order valence-electron chi connectivity index (χ1n) is 3.55. The number of halogens is 3. The molecule has 1 N–H and O–H groups in total. The van der Waals surface area contributed by atoms with Crippen molar-refractivity contribution in [1.82, 2.24) is 0 Å². The number of hydrogen-bond acceptors (Lipinski definition) is 3. The van der Waals surface area contributed by atoms with Crippen molar-refractivity contribution in [2.45, 2.75) is 24.3 Å². The third kappa shape index (κ3) is 9.48. The molecule has 2 atom stereocenters.